The number of rotatable bonds is 6. The smallest absolute Gasteiger partial charge is 0.262 e. The molecule has 1 aliphatic rings. The summed E-state index contributed by atoms with van der Waals surface area (Å²) in [6.45, 7) is 2.50. The van der Waals surface area contributed by atoms with Crippen LogP contribution in [0, 0.1) is 6.92 Å². The monoisotopic (exact) mass is 473 g/mol. The van der Waals surface area contributed by atoms with Gasteiger partial charge in [-0.3, -0.25) is 9.59 Å². The Bertz CT molecular complexity index is 1460. The number of amides is 1. The molecule has 1 aliphatic heterocycles. The third-order valence-corrected chi connectivity index (χ3v) is 5.61. The molecule has 0 saturated heterocycles. The summed E-state index contributed by atoms with van der Waals surface area (Å²) in [5.41, 5.74) is 2.06. The second-order valence-electron chi connectivity index (χ2n) is 7.94. The molecule has 8 nitrogen and oxygen atoms in total. The van der Waals surface area contributed by atoms with E-state index in [-0.39, 0.29) is 17.9 Å². The molecule has 1 aromatic heterocycles. The molecular formula is C27H23NO7. The predicted molar refractivity (Wildman–Crippen MR) is 131 cm³/mol. The van der Waals surface area contributed by atoms with Crippen molar-refractivity contribution in [2.75, 3.05) is 32.2 Å². The second kappa shape index (κ2) is 9.42. The molecule has 0 bridgehead atoms. The van der Waals surface area contributed by atoms with E-state index in [0.29, 0.717) is 64.2 Å². The molecule has 0 unspecified atom stereocenters. The van der Waals surface area contributed by atoms with Crippen LogP contribution in [0.5, 0.6) is 23.0 Å². The Balaban J connectivity index is 1.30. The molecule has 0 saturated carbocycles. The number of aryl methyl sites for hydroxylation is 1. The third-order valence-electron chi connectivity index (χ3n) is 5.61. The van der Waals surface area contributed by atoms with Gasteiger partial charge in [-0.05, 0) is 48.9 Å². The zero-order valence-electron chi connectivity index (χ0n) is 19.3. The Morgan fingerprint density at radius 3 is 2.46 bits per heavy atom. The first-order valence-corrected chi connectivity index (χ1v) is 11.1. The van der Waals surface area contributed by atoms with Crippen LogP contribution in [0.2, 0.25) is 0 Å². The van der Waals surface area contributed by atoms with E-state index in [1.807, 2.05) is 12.1 Å². The van der Waals surface area contributed by atoms with Gasteiger partial charge in [-0.1, -0.05) is 12.1 Å². The number of benzene rings is 3. The van der Waals surface area contributed by atoms with Crippen LogP contribution in [0.1, 0.15) is 5.76 Å². The van der Waals surface area contributed by atoms with Gasteiger partial charge in [0.05, 0.1) is 18.1 Å². The van der Waals surface area contributed by atoms with E-state index in [1.54, 1.807) is 62.6 Å². The highest BCUT2D eigenvalue weighted by molar-refractivity contribution is 5.92. The first-order valence-electron chi connectivity index (χ1n) is 11.1. The minimum Gasteiger partial charge on any atom is -0.497 e. The number of ether oxygens (including phenoxy) is 4. The van der Waals surface area contributed by atoms with Crippen molar-refractivity contribution < 1.29 is 28.2 Å². The molecule has 0 fully saturated rings. The molecule has 2 heterocycles. The molecule has 178 valence electrons. The van der Waals surface area contributed by atoms with Gasteiger partial charge in [0.2, 0.25) is 5.43 Å². The van der Waals surface area contributed by atoms with Gasteiger partial charge >= 0.3 is 0 Å². The van der Waals surface area contributed by atoms with Gasteiger partial charge in [-0.15, -0.1) is 0 Å². The van der Waals surface area contributed by atoms with Crippen molar-refractivity contribution in [1.29, 1.82) is 0 Å². The average molecular weight is 473 g/mol. The Kier molecular flexibility index (Phi) is 6.01. The van der Waals surface area contributed by atoms with Crippen molar-refractivity contribution in [3.8, 4) is 34.1 Å². The van der Waals surface area contributed by atoms with E-state index in [1.165, 1.54) is 0 Å². The fraction of sp³-hybridized carbons (Fsp3) is 0.185. The number of fused-ring (bicyclic) bond motifs is 2. The number of nitrogens with one attached hydrogen (secondary N) is 1. The average Bonchev–Trinajstić information content (AvgIpc) is 2.87. The quantitative estimate of drug-likeness (QED) is 0.438. The number of hydrogen-bond donors (Lipinski definition) is 1. The normalized spacial score (nSPS) is 12.3. The van der Waals surface area contributed by atoms with Gasteiger partial charge in [0, 0.05) is 17.8 Å². The van der Waals surface area contributed by atoms with Crippen molar-refractivity contribution >= 4 is 22.6 Å². The lowest BCUT2D eigenvalue weighted by Crippen LogP contribution is -2.21. The van der Waals surface area contributed by atoms with Crippen LogP contribution in [0.25, 0.3) is 22.1 Å². The van der Waals surface area contributed by atoms with Crippen molar-refractivity contribution in [1.82, 2.24) is 0 Å². The lowest BCUT2D eigenvalue weighted by Gasteiger charge is -2.19. The van der Waals surface area contributed by atoms with Crippen LogP contribution in [0.4, 0.5) is 5.69 Å². The Morgan fingerprint density at radius 1 is 0.943 bits per heavy atom. The van der Waals surface area contributed by atoms with Crippen molar-refractivity contribution in [3.05, 3.63) is 76.6 Å². The minimum absolute atomic E-state index is 0.142. The predicted octanol–water partition coefficient (Wildman–Crippen LogP) is 4.57. The lowest BCUT2D eigenvalue weighted by molar-refractivity contribution is -0.118. The molecule has 0 aliphatic carbocycles. The molecule has 1 amide bonds. The van der Waals surface area contributed by atoms with Crippen LogP contribution in [-0.2, 0) is 4.79 Å². The van der Waals surface area contributed by atoms with Gasteiger partial charge in [0.15, 0.2) is 18.1 Å². The minimum atomic E-state index is -0.339. The maximum Gasteiger partial charge on any atom is 0.262 e. The van der Waals surface area contributed by atoms with Crippen LogP contribution in [0.15, 0.2) is 69.9 Å². The van der Waals surface area contributed by atoms with E-state index in [2.05, 4.69) is 5.32 Å². The molecule has 0 atom stereocenters. The first-order chi connectivity index (χ1) is 17.0. The SMILES string of the molecule is COc1ccc(-c2c(C)oc3cc(OCC(=O)Nc4ccc5c(c4)OCCO5)ccc3c2=O)cc1. The maximum absolute atomic E-state index is 13.2. The Morgan fingerprint density at radius 2 is 1.69 bits per heavy atom. The molecular weight excluding hydrogens is 450 g/mol. The van der Waals surface area contributed by atoms with E-state index >= 15 is 0 Å². The molecule has 4 aromatic rings. The zero-order valence-corrected chi connectivity index (χ0v) is 19.3. The number of carbonyl (C=O) groups excluding carboxylic acids is 1. The molecule has 5 rings (SSSR count). The van der Waals surface area contributed by atoms with Gasteiger partial charge in [0.1, 0.15) is 36.1 Å². The van der Waals surface area contributed by atoms with Crippen LogP contribution in [0.3, 0.4) is 0 Å². The largest absolute Gasteiger partial charge is 0.497 e. The van der Waals surface area contributed by atoms with Crippen LogP contribution >= 0.6 is 0 Å². The first kappa shape index (κ1) is 22.3. The highest BCUT2D eigenvalue weighted by Gasteiger charge is 2.16. The summed E-state index contributed by atoms with van der Waals surface area (Å²) in [7, 11) is 1.59. The fourth-order valence-electron chi connectivity index (χ4n) is 3.93. The van der Waals surface area contributed by atoms with Gasteiger partial charge in [-0.25, -0.2) is 0 Å². The molecule has 0 radical (unpaired) electrons. The van der Waals surface area contributed by atoms with Gasteiger partial charge in [-0.2, -0.15) is 0 Å². The summed E-state index contributed by atoms with van der Waals surface area (Å²) >= 11 is 0. The lowest BCUT2D eigenvalue weighted by atomic mass is 10.0. The summed E-state index contributed by atoms with van der Waals surface area (Å²) < 4.78 is 27.8. The molecule has 0 spiro atoms. The molecule has 3 aromatic carbocycles. The summed E-state index contributed by atoms with van der Waals surface area (Å²) in [6.07, 6.45) is 0. The Labute approximate surface area is 201 Å². The summed E-state index contributed by atoms with van der Waals surface area (Å²) in [5.74, 6) is 2.50. The van der Waals surface area contributed by atoms with Gasteiger partial charge < -0.3 is 28.7 Å². The molecule has 1 N–H and O–H groups in total. The summed E-state index contributed by atoms with van der Waals surface area (Å²) in [6, 6.07) is 17.3. The van der Waals surface area contributed by atoms with E-state index in [9.17, 15) is 9.59 Å². The number of methoxy groups -OCH3 is 1. The summed E-state index contributed by atoms with van der Waals surface area (Å²) in [5, 5.41) is 3.20. The van der Waals surface area contributed by atoms with Crippen molar-refractivity contribution in [2.45, 2.75) is 6.92 Å². The van der Waals surface area contributed by atoms with E-state index < -0.39 is 0 Å². The fourth-order valence-corrected chi connectivity index (χ4v) is 3.93. The van der Waals surface area contributed by atoms with Crippen LogP contribution in [-0.4, -0.2) is 32.8 Å². The standard InChI is InChI=1S/C27H23NO7/c1-16-26(17-3-6-19(31-2)7-4-17)27(30)21-9-8-20(14-23(21)35-16)34-15-25(29)28-18-5-10-22-24(13-18)33-12-11-32-22/h3-10,13-14H,11-12,15H2,1-2H3,(H,28,29). The zero-order chi connectivity index (χ0) is 24.4. The highest BCUT2D eigenvalue weighted by atomic mass is 16.6. The Hall–Kier alpha value is -4.46. The van der Waals surface area contributed by atoms with Crippen LogP contribution < -0.4 is 29.7 Å². The van der Waals surface area contributed by atoms with Crippen molar-refractivity contribution in [3.63, 3.8) is 0 Å². The topological polar surface area (TPSA) is 96.2 Å². The highest BCUT2D eigenvalue weighted by Crippen LogP contribution is 2.32. The molecule has 35 heavy (non-hydrogen) atoms. The maximum atomic E-state index is 13.2. The van der Waals surface area contributed by atoms with Crippen molar-refractivity contribution in [2.24, 2.45) is 0 Å². The molecule has 8 heteroatoms. The number of carbonyl (C=O) groups is 1. The summed E-state index contributed by atoms with van der Waals surface area (Å²) in [4.78, 5) is 25.6. The van der Waals surface area contributed by atoms with E-state index in [4.69, 9.17) is 23.4 Å². The number of anilines is 1. The second-order valence-corrected chi connectivity index (χ2v) is 7.94. The van der Waals surface area contributed by atoms with E-state index in [0.717, 1.165) is 5.56 Å². The van der Waals surface area contributed by atoms with Gasteiger partial charge in [0.25, 0.3) is 5.91 Å². The number of hydrogen-bond acceptors (Lipinski definition) is 7. The third kappa shape index (κ3) is 4.63.